The molecular formula is C25H25NO4. The van der Waals surface area contributed by atoms with E-state index in [1.807, 2.05) is 62.4 Å². The third-order valence-corrected chi connectivity index (χ3v) is 4.50. The summed E-state index contributed by atoms with van der Waals surface area (Å²) >= 11 is 0. The monoisotopic (exact) mass is 403 g/mol. The van der Waals surface area contributed by atoms with Crippen molar-refractivity contribution in [2.75, 3.05) is 13.2 Å². The lowest BCUT2D eigenvalue weighted by Gasteiger charge is -2.10. The Bertz CT molecular complexity index is 961. The molecule has 0 atom stereocenters. The van der Waals surface area contributed by atoms with Gasteiger partial charge in [0.1, 0.15) is 18.1 Å². The van der Waals surface area contributed by atoms with Gasteiger partial charge in [-0.3, -0.25) is 4.79 Å². The molecule has 0 spiro atoms. The number of aliphatic carboxylic acids is 1. The minimum absolute atomic E-state index is 0.0333. The Labute approximate surface area is 176 Å². The highest BCUT2D eigenvalue weighted by molar-refractivity contribution is 6.12. The topological polar surface area (TPSA) is 68.1 Å². The van der Waals surface area contributed by atoms with Gasteiger partial charge in [0.25, 0.3) is 0 Å². The number of hydrogen-bond acceptors (Lipinski definition) is 4. The zero-order valence-electron chi connectivity index (χ0n) is 17.2. The van der Waals surface area contributed by atoms with Gasteiger partial charge in [-0.2, -0.15) is 0 Å². The van der Waals surface area contributed by atoms with Crippen molar-refractivity contribution in [1.29, 1.82) is 0 Å². The van der Waals surface area contributed by atoms with Gasteiger partial charge in [-0.05, 0) is 31.5 Å². The van der Waals surface area contributed by atoms with Gasteiger partial charge in [-0.1, -0.05) is 76.9 Å². The maximum Gasteiger partial charge on any atom is 0.307 e. The molecule has 0 bridgehead atoms. The fourth-order valence-corrected chi connectivity index (χ4v) is 2.92. The quantitative estimate of drug-likeness (QED) is 0.317. The molecule has 5 nitrogen and oxygen atoms in total. The Morgan fingerprint density at radius 2 is 1.47 bits per heavy atom. The van der Waals surface area contributed by atoms with E-state index >= 15 is 0 Å². The van der Waals surface area contributed by atoms with Crippen molar-refractivity contribution < 1.29 is 19.5 Å². The summed E-state index contributed by atoms with van der Waals surface area (Å²) < 4.78 is 5.67. The summed E-state index contributed by atoms with van der Waals surface area (Å²) in [6, 6.07) is 23.4. The average Bonchev–Trinajstić information content (AvgIpc) is 2.72. The third kappa shape index (κ3) is 6.21. The van der Waals surface area contributed by atoms with Crippen molar-refractivity contribution in [2.24, 2.45) is 5.16 Å². The molecule has 1 N–H and O–H groups in total. The maximum absolute atomic E-state index is 10.8. The van der Waals surface area contributed by atoms with Crippen molar-refractivity contribution in [3.8, 4) is 5.75 Å². The first-order chi connectivity index (χ1) is 14.5. The molecule has 5 heteroatoms. The van der Waals surface area contributed by atoms with Crippen LogP contribution in [0.15, 0.2) is 78.0 Å². The number of carbonyl (C=O) groups is 1. The molecule has 3 aromatic rings. The molecule has 0 saturated carbocycles. The largest absolute Gasteiger partial charge is 0.490 e. The molecule has 0 fully saturated rings. The van der Waals surface area contributed by atoms with E-state index < -0.39 is 5.97 Å². The summed E-state index contributed by atoms with van der Waals surface area (Å²) in [4.78, 5) is 16.4. The standard InChI is InChI=1S/C25H25NO4/c1-18-6-10-21(11-7-18)25(22-12-8-19(2)9-13-22)26-30-15-14-29-23-5-3-4-20(16-23)17-24(27)28/h3-13,16H,14-15,17H2,1-2H3,(H,27,28). The van der Waals surface area contributed by atoms with Gasteiger partial charge < -0.3 is 14.7 Å². The van der Waals surface area contributed by atoms with Crippen LogP contribution in [0.1, 0.15) is 27.8 Å². The summed E-state index contributed by atoms with van der Waals surface area (Å²) in [5.41, 5.74) is 5.78. The fourth-order valence-electron chi connectivity index (χ4n) is 2.92. The van der Waals surface area contributed by atoms with E-state index in [-0.39, 0.29) is 13.0 Å². The van der Waals surface area contributed by atoms with Crippen LogP contribution in [0.4, 0.5) is 0 Å². The number of rotatable bonds is 9. The molecule has 0 amide bonds. The molecule has 30 heavy (non-hydrogen) atoms. The number of nitrogens with zero attached hydrogens (tertiary/aromatic N) is 1. The van der Waals surface area contributed by atoms with E-state index in [9.17, 15) is 4.79 Å². The number of hydrogen-bond donors (Lipinski definition) is 1. The highest BCUT2D eigenvalue weighted by Gasteiger charge is 2.08. The van der Waals surface area contributed by atoms with Gasteiger partial charge in [-0.15, -0.1) is 0 Å². The minimum atomic E-state index is -0.871. The number of carboxylic acid groups (broad SMARTS) is 1. The zero-order valence-corrected chi connectivity index (χ0v) is 17.2. The summed E-state index contributed by atoms with van der Waals surface area (Å²) in [5, 5.41) is 13.3. The molecular weight excluding hydrogens is 378 g/mol. The zero-order chi connectivity index (χ0) is 21.3. The number of aryl methyl sites for hydroxylation is 2. The molecule has 0 aliphatic carbocycles. The lowest BCUT2D eigenvalue weighted by atomic mass is 10.0. The van der Waals surface area contributed by atoms with Crippen molar-refractivity contribution in [3.63, 3.8) is 0 Å². The van der Waals surface area contributed by atoms with Gasteiger partial charge in [0.15, 0.2) is 6.61 Å². The van der Waals surface area contributed by atoms with E-state index in [1.54, 1.807) is 24.3 Å². The van der Waals surface area contributed by atoms with Gasteiger partial charge in [0.2, 0.25) is 0 Å². The number of benzene rings is 3. The van der Waals surface area contributed by atoms with E-state index in [1.165, 1.54) is 11.1 Å². The smallest absolute Gasteiger partial charge is 0.307 e. The van der Waals surface area contributed by atoms with Gasteiger partial charge >= 0.3 is 5.97 Å². The maximum atomic E-state index is 10.8. The van der Waals surface area contributed by atoms with Crippen LogP contribution in [-0.4, -0.2) is 30.0 Å². The van der Waals surface area contributed by atoms with Gasteiger partial charge in [-0.25, -0.2) is 0 Å². The molecule has 3 aromatic carbocycles. The summed E-state index contributed by atoms with van der Waals surface area (Å²) in [6.07, 6.45) is -0.0333. The number of oxime groups is 1. The van der Waals surface area contributed by atoms with Crippen LogP contribution in [0.5, 0.6) is 5.75 Å². The predicted octanol–water partition coefficient (Wildman–Crippen LogP) is 4.78. The summed E-state index contributed by atoms with van der Waals surface area (Å²) in [5.74, 6) is -0.261. The van der Waals surface area contributed by atoms with Gasteiger partial charge in [0, 0.05) is 11.1 Å². The van der Waals surface area contributed by atoms with Crippen LogP contribution in [0, 0.1) is 13.8 Å². The molecule has 0 unspecified atom stereocenters. The predicted molar refractivity (Wildman–Crippen MR) is 117 cm³/mol. The molecule has 0 saturated heterocycles. The van der Waals surface area contributed by atoms with E-state index in [0.29, 0.717) is 17.9 Å². The van der Waals surface area contributed by atoms with Gasteiger partial charge in [0.05, 0.1) is 6.42 Å². The number of carboxylic acids is 1. The van der Waals surface area contributed by atoms with Crippen LogP contribution in [0.2, 0.25) is 0 Å². The van der Waals surface area contributed by atoms with Crippen LogP contribution in [-0.2, 0) is 16.1 Å². The first kappa shape index (κ1) is 21.1. The highest BCUT2D eigenvalue weighted by atomic mass is 16.6. The lowest BCUT2D eigenvalue weighted by molar-refractivity contribution is -0.136. The molecule has 0 aliphatic heterocycles. The third-order valence-electron chi connectivity index (χ3n) is 4.50. The van der Waals surface area contributed by atoms with Crippen LogP contribution < -0.4 is 4.74 Å². The minimum Gasteiger partial charge on any atom is -0.490 e. The second-order valence-corrected chi connectivity index (χ2v) is 7.07. The molecule has 0 heterocycles. The second kappa shape index (κ2) is 10.3. The Balaban J connectivity index is 1.64. The lowest BCUT2D eigenvalue weighted by Crippen LogP contribution is -2.08. The molecule has 3 rings (SSSR count). The van der Waals surface area contributed by atoms with Crippen molar-refractivity contribution in [3.05, 3.63) is 101 Å². The van der Waals surface area contributed by atoms with Crippen LogP contribution in [0.25, 0.3) is 0 Å². The van der Waals surface area contributed by atoms with Crippen LogP contribution >= 0.6 is 0 Å². The number of ether oxygens (including phenoxy) is 1. The summed E-state index contributed by atoms with van der Waals surface area (Å²) in [7, 11) is 0. The highest BCUT2D eigenvalue weighted by Crippen LogP contribution is 2.15. The van der Waals surface area contributed by atoms with E-state index in [0.717, 1.165) is 16.8 Å². The first-order valence-electron chi connectivity index (χ1n) is 9.79. The Kier molecular flexibility index (Phi) is 7.22. The van der Waals surface area contributed by atoms with Crippen molar-refractivity contribution in [2.45, 2.75) is 20.3 Å². The van der Waals surface area contributed by atoms with Crippen molar-refractivity contribution in [1.82, 2.24) is 0 Å². The van der Waals surface area contributed by atoms with Crippen LogP contribution in [0.3, 0.4) is 0 Å². The Morgan fingerprint density at radius 3 is 2.03 bits per heavy atom. The SMILES string of the molecule is Cc1ccc(C(=NOCCOc2cccc(CC(=O)O)c2)c2ccc(C)cc2)cc1. The second-order valence-electron chi connectivity index (χ2n) is 7.07. The van der Waals surface area contributed by atoms with E-state index in [2.05, 4.69) is 5.16 Å². The van der Waals surface area contributed by atoms with Crippen molar-refractivity contribution >= 4 is 11.7 Å². The first-order valence-corrected chi connectivity index (χ1v) is 9.79. The molecule has 0 aromatic heterocycles. The Morgan fingerprint density at radius 1 is 0.867 bits per heavy atom. The molecule has 0 radical (unpaired) electrons. The summed E-state index contributed by atoms with van der Waals surface area (Å²) in [6.45, 7) is 4.66. The van der Waals surface area contributed by atoms with E-state index in [4.69, 9.17) is 14.7 Å². The fraction of sp³-hybridized carbons (Fsp3) is 0.200. The molecule has 154 valence electrons. The normalized spacial score (nSPS) is 10.3. The Hall–Kier alpha value is -3.60. The molecule has 0 aliphatic rings. The average molecular weight is 403 g/mol.